The highest BCUT2D eigenvalue weighted by Crippen LogP contribution is 1.96. The maximum Gasteiger partial charge on any atom is 0.326 e. The van der Waals surface area contributed by atoms with Crippen LogP contribution in [0.4, 0.5) is 0 Å². The van der Waals surface area contributed by atoms with E-state index in [1.165, 1.54) is 0 Å². The van der Waals surface area contributed by atoms with Crippen molar-refractivity contribution in [3.8, 4) is 0 Å². The first-order valence-electron chi connectivity index (χ1n) is 4.81. The minimum absolute atomic E-state index is 0.361. The molecule has 0 aromatic carbocycles. The summed E-state index contributed by atoms with van der Waals surface area (Å²) in [5, 5.41) is 11.1. The third-order valence-electron chi connectivity index (χ3n) is 1.96. The number of hydrogen-bond donors (Lipinski definition) is 3. The molecule has 4 N–H and O–H groups in total. The van der Waals surface area contributed by atoms with Gasteiger partial charge in [0.1, 0.15) is 6.04 Å². The summed E-state index contributed by atoms with van der Waals surface area (Å²) in [6.45, 7) is 3.62. The molecule has 0 radical (unpaired) electrons. The number of hydrogen-bond acceptors (Lipinski definition) is 3. The number of carbonyl (C=O) groups is 2. The average Bonchev–Trinajstić information content (AvgIpc) is 2.13. The number of aliphatic carboxylic acids is 1. The largest absolute Gasteiger partial charge is 0.480 e. The number of carboxylic acids is 1. The molecule has 2 atom stereocenters. The van der Waals surface area contributed by atoms with Gasteiger partial charge in [0.05, 0.1) is 6.04 Å². The van der Waals surface area contributed by atoms with Gasteiger partial charge in [0.25, 0.3) is 0 Å². The van der Waals surface area contributed by atoms with Crippen LogP contribution in [-0.2, 0) is 9.59 Å². The van der Waals surface area contributed by atoms with Crippen molar-refractivity contribution in [3.63, 3.8) is 0 Å². The smallest absolute Gasteiger partial charge is 0.326 e. The highest BCUT2D eigenvalue weighted by Gasteiger charge is 2.20. The molecule has 0 aliphatic heterocycles. The van der Waals surface area contributed by atoms with E-state index in [1.54, 1.807) is 6.92 Å². The molecule has 0 aliphatic rings. The topological polar surface area (TPSA) is 92.4 Å². The van der Waals surface area contributed by atoms with Crippen molar-refractivity contribution in [1.29, 1.82) is 0 Å². The fraction of sp³-hybridized carbons (Fsp3) is 0.778. The molecule has 0 rings (SSSR count). The third-order valence-corrected chi connectivity index (χ3v) is 1.96. The minimum Gasteiger partial charge on any atom is -0.480 e. The van der Waals surface area contributed by atoms with Gasteiger partial charge in [-0.2, -0.15) is 0 Å². The number of rotatable bonds is 6. The summed E-state index contributed by atoms with van der Waals surface area (Å²) in [7, 11) is 0. The standard InChI is InChI=1S/C9H18N2O3/c1-3-5-6(10)8(12)11-7(4-2)9(13)14/h6-7H,3-5,10H2,1-2H3,(H,11,12)(H,13,14)/t6?,7-/m0/s1. The Labute approximate surface area is 83.7 Å². The van der Waals surface area contributed by atoms with E-state index >= 15 is 0 Å². The lowest BCUT2D eigenvalue weighted by Crippen LogP contribution is -2.48. The van der Waals surface area contributed by atoms with Gasteiger partial charge in [-0.3, -0.25) is 4.79 Å². The highest BCUT2D eigenvalue weighted by atomic mass is 16.4. The van der Waals surface area contributed by atoms with Crippen molar-refractivity contribution in [2.45, 2.75) is 45.2 Å². The molecule has 14 heavy (non-hydrogen) atoms. The minimum atomic E-state index is -1.02. The molecule has 0 fully saturated rings. The normalized spacial score (nSPS) is 14.5. The summed E-state index contributed by atoms with van der Waals surface area (Å²) in [4.78, 5) is 21.9. The number of nitrogens with one attached hydrogen (secondary N) is 1. The molecule has 0 aromatic heterocycles. The van der Waals surface area contributed by atoms with Crippen LogP contribution in [0.15, 0.2) is 0 Å². The zero-order valence-electron chi connectivity index (χ0n) is 8.62. The van der Waals surface area contributed by atoms with Crippen LogP contribution in [0.1, 0.15) is 33.1 Å². The molecule has 0 heterocycles. The fourth-order valence-electron chi connectivity index (χ4n) is 1.06. The number of nitrogens with two attached hydrogens (primary N) is 1. The van der Waals surface area contributed by atoms with E-state index in [2.05, 4.69) is 5.32 Å². The van der Waals surface area contributed by atoms with Gasteiger partial charge in [-0.1, -0.05) is 20.3 Å². The molecular formula is C9H18N2O3. The third kappa shape index (κ3) is 4.23. The van der Waals surface area contributed by atoms with E-state index < -0.39 is 18.1 Å². The van der Waals surface area contributed by atoms with Crippen LogP contribution in [0, 0.1) is 0 Å². The van der Waals surface area contributed by atoms with Crippen molar-refractivity contribution in [3.05, 3.63) is 0 Å². The lowest BCUT2D eigenvalue weighted by Gasteiger charge is -2.15. The Hall–Kier alpha value is -1.10. The first kappa shape index (κ1) is 12.9. The average molecular weight is 202 g/mol. The maximum atomic E-state index is 11.3. The quantitative estimate of drug-likeness (QED) is 0.569. The second-order valence-corrected chi connectivity index (χ2v) is 3.20. The van der Waals surface area contributed by atoms with Gasteiger partial charge in [-0.05, 0) is 12.8 Å². The van der Waals surface area contributed by atoms with Crippen LogP contribution in [0.25, 0.3) is 0 Å². The second-order valence-electron chi connectivity index (χ2n) is 3.20. The monoisotopic (exact) mass is 202 g/mol. The van der Waals surface area contributed by atoms with Gasteiger partial charge in [0.2, 0.25) is 5.91 Å². The molecule has 0 spiro atoms. The Morgan fingerprint density at radius 2 is 2.00 bits per heavy atom. The van der Waals surface area contributed by atoms with Gasteiger partial charge < -0.3 is 16.2 Å². The van der Waals surface area contributed by atoms with Crippen molar-refractivity contribution in [2.75, 3.05) is 0 Å². The zero-order valence-corrected chi connectivity index (χ0v) is 8.62. The lowest BCUT2D eigenvalue weighted by molar-refractivity contribution is -0.142. The molecule has 1 unspecified atom stereocenters. The second kappa shape index (κ2) is 6.37. The Bertz CT molecular complexity index is 206. The first-order valence-corrected chi connectivity index (χ1v) is 4.81. The summed E-state index contributed by atoms with van der Waals surface area (Å²) >= 11 is 0. The van der Waals surface area contributed by atoms with Crippen molar-refractivity contribution >= 4 is 11.9 Å². The van der Waals surface area contributed by atoms with E-state index in [9.17, 15) is 9.59 Å². The molecule has 0 saturated carbocycles. The van der Waals surface area contributed by atoms with Crippen LogP contribution in [0.3, 0.4) is 0 Å². The van der Waals surface area contributed by atoms with Crippen LogP contribution < -0.4 is 11.1 Å². The Morgan fingerprint density at radius 1 is 1.43 bits per heavy atom. The molecule has 5 nitrogen and oxygen atoms in total. The van der Waals surface area contributed by atoms with E-state index in [1.807, 2.05) is 6.92 Å². The summed E-state index contributed by atoms with van der Waals surface area (Å²) in [6.07, 6.45) is 1.74. The molecule has 0 saturated heterocycles. The number of amides is 1. The van der Waals surface area contributed by atoms with Crippen molar-refractivity contribution in [1.82, 2.24) is 5.32 Å². The highest BCUT2D eigenvalue weighted by molar-refractivity contribution is 5.86. The van der Waals surface area contributed by atoms with E-state index in [4.69, 9.17) is 10.8 Å². The summed E-state index contributed by atoms with van der Waals surface area (Å²) in [5.41, 5.74) is 5.53. The van der Waals surface area contributed by atoms with Crippen LogP contribution in [0.5, 0.6) is 0 Å². The molecular weight excluding hydrogens is 184 g/mol. The fourth-order valence-corrected chi connectivity index (χ4v) is 1.06. The van der Waals surface area contributed by atoms with Gasteiger partial charge in [0, 0.05) is 0 Å². The lowest BCUT2D eigenvalue weighted by atomic mass is 10.1. The van der Waals surface area contributed by atoms with Gasteiger partial charge >= 0.3 is 5.97 Å². The van der Waals surface area contributed by atoms with E-state index in [0.29, 0.717) is 12.8 Å². The SMILES string of the molecule is CCCC(N)C(=O)N[C@@H](CC)C(=O)O. The predicted octanol–water partition coefficient (Wildman–Crippen LogP) is 0.0932. The summed E-state index contributed by atoms with van der Waals surface area (Å²) in [5.74, 6) is -1.41. The Kier molecular flexibility index (Phi) is 5.87. The summed E-state index contributed by atoms with van der Waals surface area (Å²) < 4.78 is 0. The van der Waals surface area contributed by atoms with Gasteiger partial charge in [-0.25, -0.2) is 4.79 Å². The number of carboxylic acid groups (broad SMARTS) is 1. The predicted molar refractivity (Wildman–Crippen MR) is 52.7 cm³/mol. The van der Waals surface area contributed by atoms with Gasteiger partial charge in [0.15, 0.2) is 0 Å². The van der Waals surface area contributed by atoms with Crippen molar-refractivity contribution in [2.24, 2.45) is 5.73 Å². The molecule has 1 amide bonds. The van der Waals surface area contributed by atoms with Crippen molar-refractivity contribution < 1.29 is 14.7 Å². The number of carbonyl (C=O) groups excluding carboxylic acids is 1. The van der Waals surface area contributed by atoms with Crippen LogP contribution in [-0.4, -0.2) is 29.1 Å². The molecule has 5 heteroatoms. The maximum absolute atomic E-state index is 11.3. The van der Waals surface area contributed by atoms with Crippen LogP contribution >= 0.6 is 0 Å². The zero-order chi connectivity index (χ0) is 11.1. The van der Waals surface area contributed by atoms with E-state index in [-0.39, 0.29) is 5.91 Å². The first-order chi connectivity index (χ1) is 6.52. The van der Waals surface area contributed by atoms with Crippen LogP contribution in [0.2, 0.25) is 0 Å². The molecule has 0 aliphatic carbocycles. The van der Waals surface area contributed by atoms with E-state index in [0.717, 1.165) is 6.42 Å². The Morgan fingerprint density at radius 3 is 2.36 bits per heavy atom. The molecule has 0 bridgehead atoms. The summed E-state index contributed by atoms with van der Waals surface area (Å²) in [6, 6.07) is -1.43. The molecule has 0 aromatic rings. The molecule has 82 valence electrons. The van der Waals surface area contributed by atoms with Gasteiger partial charge in [-0.15, -0.1) is 0 Å². The Balaban J connectivity index is 4.08.